The third-order valence-electron chi connectivity index (χ3n) is 8.14. The number of hydrogen-bond acceptors (Lipinski definition) is 7. The first kappa shape index (κ1) is 27.6. The van der Waals surface area contributed by atoms with Crippen molar-refractivity contribution in [3.8, 4) is 0 Å². The van der Waals surface area contributed by atoms with E-state index in [0.717, 1.165) is 56.0 Å². The second kappa shape index (κ2) is 11.1. The molecule has 2 fully saturated rings. The van der Waals surface area contributed by atoms with Crippen molar-refractivity contribution in [1.82, 2.24) is 29.0 Å². The maximum absolute atomic E-state index is 13.8. The molecule has 1 unspecified atom stereocenters. The van der Waals surface area contributed by atoms with Gasteiger partial charge in [-0.05, 0) is 50.6 Å². The summed E-state index contributed by atoms with van der Waals surface area (Å²) in [5, 5.41) is 1.78. The average Bonchev–Trinajstić information content (AvgIpc) is 3.70. The second-order valence-electron chi connectivity index (χ2n) is 10.9. The largest absolute Gasteiger partial charge is 0.345 e. The highest BCUT2D eigenvalue weighted by Gasteiger charge is 2.39. The minimum atomic E-state index is -3.86. The van der Waals surface area contributed by atoms with Crippen LogP contribution in [0.25, 0.3) is 10.9 Å². The highest BCUT2D eigenvalue weighted by atomic mass is 35.5. The molecule has 214 valence electrons. The lowest BCUT2D eigenvalue weighted by atomic mass is 10.1. The molecule has 13 heteroatoms. The van der Waals surface area contributed by atoms with Crippen LogP contribution >= 0.6 is 22.9 Å². The number of aromatic nitrogens is 2. The fourth-order valence-corrected chi connectivity index (χ4v) is 8.67. The van der Waals surface area contributed by atoms with Crippen molar-refractivity contribution >= 4 is 55.7 Å². The Labute approximate surface area is 242 Å². The van der Waals surface area contributed by atoms with E-state index in [2.05, 4.69) is 21.9 Å². The van der Waals surface area contributed by atoms with Crippen molar-refractivity contribution < 1.29 is 18.0 Å². The van der Waals surface area contributed by atoms with Crippen LogP contribution in [0.1, 0.15) is 46.1 Å². The number of amides is 2. The number of aromatic amines is 1. The molecule has 2 aromatic heterocycles. The number of fused-ring (bicyclic) bond motifs is 2. The molecule has 1 aromatic carbocycles. The van der Waals surface area contributed by atoms with Crippen molar-refractivity contribution in [1.29, 1.82) is 0 Å². The van der Waals surface area contributed by atoms with Gasteiger partial charge in [-0.25, -0.2) is 13.4 Å². The summed E-state index contributed by atoms with van der Waals surface area (Å²) in [7, 11) is -1.81. The average molecular weight is 605 g/mol. The van der Waals surface area contributed by atoms with E-state index in [4.69, 9.17) is 11.6 Å². The monoisotopic (exact) mass is 604 g/mol. The number of hydrogen-bond donors (Lipinski definition) is 1. The van der Waals surface area contributed by atoms with Crippen molar-refractivity contribution in [3.63, 3.8) is 0 Å². The minimum Gasteiger partial charge on any atom is -0.345 e. The molecule has 5 heterocycles. The number of nitrogens with one attached hydrogen (secondary N) is 1. The molecule has 40 heavy (non-hydrogen) atoms. The van der Waals surface area contributed by atoms with Crippen molar-refractivity contribution in [3.05, 3.63) is 44.9 Å². The van der Waals surface area contributed by atoms with Gasteiger partial charge < -0.3 is 19.7 Å². The van der Waals surface area contributed by atoms with Crippen LogP contribution in [0.5, 0.6) is 0 Å². The summed E-state index contributed by atoms with van der Waals surface area (Å²) in [6.45, 7) is 3.71. The van der Waals surface area contributed by atoms with Crippen molar-refractivity contribution in [2.24, 2.45) is 0 Å². The topological polar surface area (TPSA) is 110 Å². The molecule has 2 amide bonds. The molecule has 6 rings (SSSR count). The quantitative estimate of drug-likeness (QED) is 0.463. The van der Waals surface area contributed by atoms with Gasteiger partial charge in [0.2, 0.25) is 5.91 Å². The van der Waals surface area contributed by atoms with Crippen LogP contribution in [0.4, 0.5) is 0 Å². The maximum atomic E-state index is 13.8. The molecular weight excluding hydrogens is 572 g/mol. The van der Waals surface area contributed by atoms with Crippen molar-refractivity contribution in [2.45, 2.75) is 49.7 Å². The van der Waals surface area contributed by atoms with Gasteiger partial charge in [0, 0.05) is 85.5 Å². The predicted octanol–water partition coefficient (Wildman–Crippen LogP) is 3.18. The lowest BCUT2D eigenvalue weighted by molar-refractivity contribution is -0.130. The Morgan fingerprint density at radius 3 is 2.73 bits per heavy atom. The van der Waals surface area contributed by atoms with E-state index >= 15 is 0 Å². The van der Waals surface area contributed by atoms with E-state index in [0.29, 0.717) is 27.4 Å². The molecule has 0 saturated carbocycles. The van der Waals surface area contributed by atoms with E-state index in [1.165, 1.54) is 15.6 Å². The van der Waals surface area contributed by atoms with Crippen LogP contribution in [0.15, 0.2) is 29.3 Å². The Hall–Kier alpha value is -2.51. The van der Waals surface area contributed by atoms with Gasteiger partial charge in [-0.1, -0.05) is 11.6 Å². The predicted molar refractivity (Wildman–Crippen MR) is 154 cm³/mol. The number of H-pyrrole nitrogens is 1. The zero-order chi connectivity index (χ0) is 28.0. The molecule has 10 nitrogen and oxygen atoms in total. The Morgan fingerprint density at radius 2 is 1.93 bits per heavy atom. The SMILES string of the molecule is CN1CCc2nc(C(=O)N3CCN(S(=O)(=O)c4cc5cc(Cl)ccc5[nH]4)CC3CCC(=O)N3CCCC3)sc2C1. The number of thiazole rings is 1. The normalized spacial score (nSPS) is 20.8. The minimum absolute atomic E-state index is 0.0603. The van der Waals surface area contributed by atoms with E-state index in [1.807, 2.05) is 4.90 Å². The number of carbonyl (C=O) groups excluding carboxylic acids is 2. The third-order valence-corrected chi connectivity index (χ3v) is 11.2. The molecule has 3 aliphatic rings. The number of sulfonamides is 1. The van der Waals surface area contributed by atoms with Crippen molar-refractivity contribution in [2.75, 3.05) is 46.3 Å². The molecule has 2 saturated heterocycles. The van der Waals surface area contributed by atoms with Crippen LogP contribution < -0.4 is 0 Å². The molecule has 0 radical (unpaired) electrons. The molecule has 0 aliphatic carbocycles. The number of nitrogens with zero attached hydrogens (tertiary/aromatic N) is 5. The Balaban J connectivity index is 1.24. The summed E-state index contributed by atoms with van der Waals surface area (Å²) in [4.78, 5) is 41.3. The Kier molecular flexibility index (Phi) is 7.64. The summed E-state index contributed by atoms with van der Waals surface area (Å²) >= 11 is 7.53. The zero-order valence-corrected chi connectivity index (χ0v) is 24.8. The highest BCUT2D eigenvalue weighted by Crippen LogP contribution is 2.30. The Morgan fingerprint density at radius 1 is 1.12 bits per heavy atom. The standard InChI is InChI=1S/C27H33ClN6O4S2/c1-31-11-8-22-23(17-31)39-26(30-22)27(36)34-13-12-33(16-20(34)5-7-25(35)32-9-2-3-10-32)40(37,38)24-15-18-14-19(28)4-6-21(18)29-24/h4,6,14-15,20,29H,2-3,5,7-13,16-17H2,1H3. The number of likely N-dealkylation sites (N-methyl/N-ethyl adjacent to an activating group) is 1. The first-order valence-electron chi connectivity index (χ1n) is 13.7. The molecule has 1 atom stereocenters. The third kappa shape index (κ3) is 5.39. The number of halogens is 1. The van der Waals surface area contributed by atoms with Crippen LogP contribution in [0, 0.1) is 0 Å². The van der Waals surface area contributed by atoms with E-state index in [-0.39, 0.29) is 42.9 Å². The van der Waals surface area contributed by atoms with Gasteiger partial charge in [-0.15, -0.1) is 11.3 Å². The summed E-state index contributed by atoms with van der Waals surface area (Å²) in [6.07, 6.45) is 3.48. The summed E-state index contributed by atoms with van der Waals surface area (Å²) < 4.78 is 28.9. The molecule has 1 N–H and O–H groups in total. The molecule has 0 spiro atoms. The fourth-order valence-electron chi connectivity index (χ4n) is 5.87. The molecule has 0 bridgehead atoms. The van der Waals surface area contributed by atoms with Gasteiger partial charge >= 0.3 is 0 Å². The van der Waals surface area contributed by atoms with Gasteiger partial charge in [-0.3, -0.25) is 9.59 Å². The number of benzene rings is 1. The summed E-state index contributed by atoms with van der Waals surface area (Å²) in [5.41, 5.74) is 1.66. The lowest BCUT2D eigenvalue weighted by Crippen LogP contribution is -2.56. The second-order valence-corrected chi connectivity index (χ2v) is 14.3. The maximum Gasteiger partial charge on any atom is 0.283 e. The molecule has 3 aliphatic heterocycles. The highest BCUT2D eigenvalue weighted by molar-refractivity contribution is 7.89. The zero-order valence-electron chi connectivity index (χ0n) is 22.4. The van der Waals surface area contributed by atoms with Crippen LogP contribution in [0.3, 0.4) is 0 Å². The smallest absolute Gasteiger partial charge is 0.283 e. The number of carbonyl (C=O) groups is 2. The van der Waals surface area contributed by atoms with Crippen LogP contribution in [-0.4, -0.2) is 102 Å². The number of piperazine rings is 1. The first-order valence-corrected chi connectivity index (χ1v) is 16.4. The Bertz CT molecular complexity index is 1550. The summed E-state index contributed by atoms with van der Waals surface area (Å²) in [6, 6.07) is 6.34. The van der Waals surface area contributed by atoms with Gasteiger partial charge in [-0.2, -0.15) is 4.31 Å². The number of rotatable bonds is 6. The van der Waals surface area contributed by atoms with E-state index < -0.39 is 16.1 Å². The van der Waals surface area contributed by atoms with Crippen LogP contribution in [-0.2, 0) is 27.8 Å². The van der Waals surface area contributed by atoms with Crippen LogP contribution in [0.2, 0.25) is 5.02 Å². The molecular formula is C27H33ClN6O4S2. The number of likely N-dealkylation sites (tertiary alicyclic amines) is 1. The molecule has 3 aromatic rings. The van der Waals surface area contributed by atoms with Gasteiger partial charge in [0.1, 0.15) is 5.03 Å². The van der Waals surface area contributed by atoms with Gasteiger partial charge in [0.05, 0.1) is 5.69 Å². The first-order chi connectivity index (χ1) is 19.2. The van der Waals surface area contributed by atoms with Gasteiger partial charge in [0.25, 0.3) is 15.9 Å². The lowest BCUT2D eigenvalue weighted by Gasteiger charge is -2.40. The van der Waals surface area contributed by atoms with E-state index in [1.54, 1.807) is 29.2 Å². The fraction of sp³-hybridized carbons (Fsp3) is 0.519. The van der Waals surface area contributed by atoms with Gasteiger partial charge in [0.15, 0.2) is 5.01 Å². The van der Waals surface area contributed by atoms with E-state index in [9.17, 15) is 18.0 Å². The summed E-state index contributed by atoms with van der Waals surface area (Å²) in [5.74, 6) is -0.122.